The number of likely N-dealkylation sites (tertiary alicyclic amines) is 1. The van der Waals surface area contributed by atoms with Crippen LogP contribution in [0.1, 0.15) is 29.8 Å². The Hall–Kier alpha value is -1.52. The predicted molar refractivity (Wildman–Crippen MR) is 50.7 cm³/mol. The van der Waals surface area contributed by atoms with E-state index in [1.165, 1.54) is 12.6 Å². The third kappa shape index (κ3) is 1.57. The van der Waals surface area contributed by atoms with Gasteiger partial charge in [0, 0.05) is 13.1 Å². The number of piperidine rings is 1. The Morgan fingerprint density at radius 1 is 1.43 bits per heavy atom. The van der Waals surface area contributed by atoms with Crippen molar-refractivity contribution in [2.45, 2.75) is 19.3 Å². The van der Waals surface area contributed by atoms with Crippen molar-refractivity contribution in [3.05, 3.63) is 12.0 Å². The van der Waals surface area contributed by atoms with Crippen molar-refractivity contribution in [2.24, 2.45) is 0 Å². The lowest BCUT2D eigenvalue weighted by Gasteiger charge is -2.25. The van der Waals surface area contributed by atoms with Gasteiger partial charge in [0.2, 0.25) is 5.76 Å². The average Bonchev–Trinajstić information content (AvgIpc) is 2.65. The van der Waals surface area contributed by atoms with Gasteiger partial charge in [-0.25, -0.2) is 0 Å². The maximum Gasteiger partial charge on any atom is 0.294 e. The van der Waals surface area contributed by atoms with E-state index in [4.69, 9.17) is 10.3 Å². The first-order valence-corrected chi connectivity index (χ1v) is 4.78. The molecule has 0 radical (unpaired) electrons. The molecule has 2 rings (SSSR count). The summed E-state index contributed by atoms with van der Waals surface area (Å²) >= 11 is 0. The highest BCUT2D eigenvalue weighted by Crippen LogP contribution is 2.16. The SMILES string of the molecule is Nc1cnoc1C(=O)N1CCCCC1. The zero-order valence-electron chi connectivity index (χ0n) is 7.90. The molecule has 0 atom stereocenters. The number of nitrogens with zero attached hydrogens (tertiary/aromatic N) is 2. The second kappa shape index (κ2) is 3.69. The molecule has 2 heterocycles. The molecule has 1 aromatic heterocycles. The van der Waals surface area contributed by atoms with E-state index in [1.807, 2.05) is 0 Å². The Bertz CT molecular complexity index is 329. The van der Waals surface area contributed by atoms with Crippen LogP contribution in [0.25, 0.3) is 0 Å². The molecule has 0 bridgehead atoms. The molecular weight excluding hydrogens is 182 g/mol. The second-order valence-corrected chi connectivity index (χ2v) is 3.46. The standard InChI is InChI=1S/C9H13N3O2/c10-7-6-11-14-8(7)9(13)12-4-2-1-3-5-12/h6H,1-5,10H2. The van der Waals surface area contributed by atoms with E-state index in [0.717, 1.165) is 25.9 Å². The van der Waals surface area contributed by atoms with Gasteiger partial charge >= 0.3 is 0 Å². The van der Waals surface area contributed by atoms with Crippen molar-refractivity contribution in [2.75, 3.05) is 18.8 Å². The van der Waals surface area contributed by atoms with E-state index in [1.54, 1.807) is 4.90 Å². The number of hydrogen-bond donors (Lipinski definition) is 1. The molecule has 14 heavy (non-hydrogen) atoms. The van der Waals surface area contributed by atoms with Crippen LogP contribution in [0.4, 0.5) is 5.69 Å². The molecule has 0 saturated carbocycles. The Morgan fingerprint density at radius 2 is 2.14 bits per heavy atom. The van der Waals surface area contributed by atoms with E-state index >= 15 is 0 Å². The summed E-state index contributed by atoms with van der Waals surface area (Å²) < 4.78 is 4.81. The van der Waals surface area contributed by atoms with Crippen LogP contribution in [0.15, 0.2) is 10.7 Å². The summed E-state index contributed by atoms with van der Waals surface area (Å²) in [4.78, 5) is 13.6. The first-order chi connectivity index (χ1) is 6.79. The summed E-state index contributed by atoms with van der Waals surface area (Å²) in [6, 6.07) is 0. The summed E-state index contributed by atoms with van der Waals surface area (Å²) in [6.45, 7) is 1.58. The Morgan fingerprint density at radius 3 is 2.71 bits per heavy atom. The topological polar surface area (TPSA) is 72.4 Å². The molecule has 1 fully saturated rings. The molecule has 1 amide bonds. The largest absolute Gasteiger partial charge is 0.394 e. The molecule has 0 aliphatic carbocycles. The van der Waals surface area contributed by atoms with Gasteiger partial charge < -0.3 is 15.2 Å². The van der Waals surface area contributed by atoms with Gasteiger partial charge in [-0.15, -0.1) is 0 Å². The second-order valence-electron chi connectivity index (χ2n) is 3.46. The highest BCUT2D eigenvalue weighted by molar-refractivity contribution is 5.96. The number of anilines is 1. The number of amides is 1. The van der Waals surface area contributed by atoms with Gasteiger partial charge in [0.25, 0.3) is 5.91 Å². The number of carbonyl (C=O) groups is 1. The lowest BCUT2D eigenvalue weighted by atomic mass is 10.1. The monoisotopic (exact) mass is 195 g/mol. The normalized spacial score (nSPS) is 17.0. The van der Waals surface area contributed by atoms with Gasteiger partial charge in [0.1, 0.15) is 5.69 Å². The number of nitrogens with two attached hydrogens (primary N) is 1. The predicted octanol–water partition coefficient (Wildman–Crippen LogP) is 0.883. The van der Waals surface area contributed by atoms with Crippen LogP contribution in [0.2, 0.25) is 0 Å². The third-order valence-electron chi connectivity index (χ3n) is 2.44. The van der Waals surface area contributed by atoms with Gasteiger partial charge in [-0.05, 0) is 19.3 Å². The molecule has 0 aromatic carbocycles. The molecule has 1 aromatic rings. The fourth-order valence-electron chi connectivity index (χ4n) is 1.65. The molecule has 1 aliphatic rings. The van der Waals surface area contributed by atoms with Crippen LogP contribution in [0.5, 0.6) is 0 Å². The van der Waals surface area contributed by atoms with Crippen LogP contribution in [-0.2, 0) is 0 Å². The summed E-state index contributed by atoms with van der Waals surface area (Å²) in [5.41, 5.74) is 5.86. The lowest BCUT2D eigenvalue weighted by Crippen LogP contribution is -2.35. The fourth-order valence-corrected chi connectivity index (χ4v) is 1.65. The van der Waals surface area contributed by atoms with Crippen LogP contribution in [0, 0.1) is 0 Å². The maximum atomic E-state index is 11.8. The fraction of sp³-hybridized carbons (Fsp3) is 0.556. The van der Waals surface area contributed by atoms with Gasteiger partial charge in [0.05, 0.1) is 6.20 Å². The van der Waals surface area contributed by atoms with E-state index in [-0.39, 0.29) is 11.7 Å². The molecular formula is C9H13N3O2. The smallest absolute Gasteiger partial charge is 0.294 e. The number of carbonyl (C=O) groups excluding carboxylic acids is 1. The zero-order valence-corrected chi connectivity index (χ0v) is 7.90. The minimum atomic E-state index is -0.139. The average molecular weight is 195 g/mol. The highest BCUT2D eigenvalue weighted by Gasteiger charge is 2.23. The van der Waals surface area contributed by atoms with Gasteiger partial charge in [-0.1, -0.05) is 5.16 Å². The van der Waals surface area contributed by atoms with Gasteiger partial charge in [-0.3, -0.25) is 4.79 Å². The molecule has 1 saturated heterocycles. The molecule has 0 spiro atoms. The van der Waals surface area contributed by atoms with Crippen molar-refractivity contribution < 1.29 is 9.32 Å². The minimum Gasteiger partial charge on any atom is -0.394 e. The minimum absolute atomic E-state index is 0.139. The van der Waals surface area contributed by atoms with Crippen LogP contribution >= 0.6 is 0 Å². The third-order valence-corrected chi connectivity index (χ3v) is 2.44. The molecule has 0 unspecified atom stereocenters. The van der Waals surface area contributed by atoms with Crippen LogP contribution < -0.4 is 5.73 Å². The number of nitrogen functional groups attached to an aromatic ring is 1. The Kier molecular flexibility index (Phi) is 2.39. The first kappa shape index (κ1) is 9.05. The van der Waals surface area contributed by atoms with Crippen molar-refractivity contribution in [3.8, 4) is 0 Å². The quantitative estimate of drug-likeness (QED) is 0.722. The van der Waals surface area contributed by atoms with E-state index in [0.29, 0.717) is 5.69 Å². The van der Waals surface area contributed by atoms with E-state index in [9.17, 15) is 4.79 Å². The maximum absolute atomic E-state index is 11.8. The lowest BCUT2D eigenvalue weighted by molar-refractivity contribution is 0.0683. The number of aromatic nitrogens is 1. The summed E-state index contributed by atoms with van der Waals surface area (Å²) in [7, 11) is 0. The van der Waals surface area contributed by atoms with Gasteiger partial charge in [0.15, 0.2) is 0 Å². The molecule has 5 nitrogen and oxygen atoms in total. The number of rotatable bonds is 1. The van der Waals surface area contributed by atoms with Gasteiger partial charge in [-0.2, -0.15) is 0 Å². The zero-order chi connectivity index (χ0) is 9.97. The van der Waals surface area contributed by atoms with Crippen molar-refractivity contribution in [1.29, 1.82) is 0 Å². The van der Waals surface area contributed by atoms with Crippen LogP contribution in [0.3, 0.4) is 0 Å². The molecule has 1 aliphatic heterocycles. The van der Waals surface area contributed by atoms with Crippen LogP contribution in [-0.4, -0.2) is 29.1 Å². The first-order valence-electron chi connectivity index (χ1n) is 4.78. The summed E-state index contributed by atoms with van der Waals surface area (Å²) in [5, 5.41) is 3.49. The Balaban J connectivity index is 2.11. The van der Waals surface area contributed by atoms with E-state index < -0.39 is 0 Å². The molecule has 76 valence electrons. The number of hydrogen-bond acceptors (Lipinski definition) is 4. The summed E-state index contributed by atoms with van der Waals surface area (Å²) in [5.74, 6) is 0.0339. The van der Waals surface area contributed by atoms with Crippen molar-refractivity contribution in [1.82, 2.24) is 10.1 Å². The summed E-state index contributed by atoms with van der Waals surface area (Å²) in [6.07, 6.45) is 4.66. The van der Waals surface area contributed by atoms with Crippen molar-refractivity contribution >= 4 is 11.6 Å². The van der Waals surface area contributed by atoms with E-state index in [2.05, 4.69) is 5.16 Å². The molecule has 2 N–H and O–H groups in total. The Labute approximate surface area is 81.8 Å². The van der Waals surface area contributed by atoms with Crippen molar-refractivity contribution in [3.63, 3.8) is 0 Å². The highest BCUT2D eigenvalue weighted by atomic mass is 16.5. The molecule has 5 heteroatoms.